The molecule has 1 unspecified atom stereocenters. The Morgan fingerprint density at radius 3 is 3.19 bits per heavy atom. The fourth-order valence-electron chi connectivity index (χ4n) is 2.44. The molecule has 21 heavy (non-hydrogen) atoms. The zero-order chi connectivity index (χ0) is 14.7. The second-order valence-corrected chi connectivity index (χ2v) is 4.97. The molecule has 1 aliphatic heterocycles. The third-order valence-corrected chi connectivity index (χ3v) is 3.53. The molecule has 110 valence electrons. The van der Waals surface area contributed by atoms with Crippen molar-refractivity contribution in [3.63, 3.8) is 0 Å². The van der Waals surface area contributed by atoms with Gasteiger partial charge in [0.2, 0.25) is 11.7 Å². The number of nitrogens with zero attached hydrogens (tertiary/aromatic N) is 4. The molecule has 0 aromatic carbocycles. The molecule has 2 aromatic heterocycles. The van der Waals surface area contributed by atoms with Crippen molar-refractivity contribution < 1.29 is 14.1 Å². The summed E-state index contributed by atoms with van der Waals surface area (Å²) in [5, 5.41) is 3.93. The summed E-state index contributed by atoms with van der Waals surface area (Å²) < 4.78 is 10.0. The van der Waals surface area contributed by atoms with Gasteiger partial charge >= 0.3 is 5.97 Å². The maximum atomic E-state index is 11.5. The first kappa shape index (κ1) is 13.7. The predicted molar refractivity (Wildman–Crippen MR) is 72.9 cm³/mol. The SMILES string of the molecule is COC(=O)C1CCN(Cc2nc(-c3ccccn3)no2)C1. The van der Waals surface area contributed by atoms with E-state index in [9.17, 15) is 4.79 Å². The standard InChI is InChI=1S/C14H16N4O3/c1-20-14(19)10-5-7-18(8-10)9-12-16-13(17-21-12)11-4-2-3-6-15-11/h2-4,6,10H,5,7-9H2,1H3. The van der Waals surface area contributed by atoms with E-state index in [0.717, 1.165) is 13.0 Å². The Balaban J connectivity index is 1.62. The van der Waals surface area contributed by atoms with E-state index in [0.29, 0.717) is 30.5 Å². The van der Waals surface area contributed by atoms with Crippen molar-refractivity contribution in [2.75, 3.05) is 20.2 Å². The maximum Gasteiger partial charge on any atom is 0.310 e. The molecule has 3 rings (SSSR count). The van der Waals surface area contributed by atoms with E-state index >= 15 is 0 Å². The third-order valence-electron chi connectivity index (χ3n) is 3.53. The summed E-state index contributed by atoms with van der Waals surface area (Å²) in [6.07, 6.45) is 2.49. The molecule has 7 nitrogen and oxygen atoms in total. The second kappa shape index (κ2) is 6.01. The molecular weight excluding hydrogens is 272 g/mol. The van der Waals surface area contributed by atoms with Crippen LogP contribution in [0.15, 0.2) is 28.9 Å². The normalized spacial score (nSPS) is 18.8. The number of rotatable bonds is 4. The number of pyridine rings is 1. The van der Waals surface area contributed by atoms with Crippen LogP contribution in [0.2, 0.25) is 0 Å². The van der Waals surface area contributed by atoms with Crippen LogP contribution in [0.1, 0.15) is 12.3 Å². The topological polar surface area (TPSA) is 81.4 Å². The first-order chi connectivity index (χ1) is 10.3. The molecule has 0 saturated carbocycles. The number of carbonyl (C=O) groups is 1. The number of aromatic nitrogens is 3. The van der Waals surface area contributed by atoms with E-state index in [-0.39, 0.29) is 11.9 Å². The van der Waals surface area contributed by atoms with Gasteiger partial charge in [-0.3, -0.25) is 14.7 Å². The average molecular weight is 288 g/mol. The maximum absolute atomic E-state index is 11.5. The van der Waals surface area contributed by atoms with E-state index in [1.807, 2.05) is 18.2 Å². The van der Waals surface area contributed by atoms with E-state index in [1.54, 1.807) is 6.20 Å². The van der Waals surface area contributed by atoms with Gasteiger partial charge in [0.15, 0.2) is 0 Å². The second-order valence-electron chi connectivity index (χ2n) is 4.97. The fraction of sp³-hybridized carbons (Fsp3) is 0.429. The molecule has 3 heterocycles. The van der Waals surface area contributed by atoms with Gasteiger partial charge in [-0.25, -0.2) is 0 Å². The zero-order valence-corrected chi connectivity index (χ0v) is 11.7. The van der Waals surface area contributed by atoms with Gasteiger partial charge in [-0.2, -0.15) is 4.98 Å². The molecule has 0 aliphatic carbocycles. The predicted octanol–water partition coefficient (Wildman–Crippen LogP) is 1.13. The molecule has 1 atom stereocenters. The minimum atomic E-state index is -0.155. The van der Waals surface area contributed by atoms with Crippen LogP contribution in [0, 0.1) is 5.92 Å². The van der Waals surface area contributed by atoms with Gasteiger partial charge in [-0.1, -0.05) is 11.2 Å². The highest BCUT2D eigenvalue weighted by Crippen LogP contribution is 2.20. The highest BCUT2D eigenvalue weighted by Gasteiger charge is 2.29. The van der Waals surface area contributed by atoms with Gasteiger partial charge in [0.05, 0.1) is 19.6 Å². The molecule has 0 bridgehead atoms. The van der Waals surface area contributed by atoms with Crippen LogP contribution in [0.4, 0.5) is 0 Å². The molecule has 7 heteroatoms. The lowest BCUT2D eigenvalue weighted by atomic mass is 10.1. The van der Waals surface area contributed by atoms with Gasteiger partial charge in [0.1, 0.15) is 5.69 Å². The number of ether oxygens (including phenoxy) is 1. The number of esters is 1. The van der Waals surface area contributed by atoms with Crippen molar-refractivity contribution in [3.05, 3.63) is 30.3 Å². The third kappa shape index (κ3) is 3.08. The molecule has 0 radical (unpaired) electrons. The van der Waals surface area contributed by atoms with Gasteiger partial charge in [0.25, 0.3) is 0 Å². The molecule has 1 saturated heterocycles. The number of hydrogen-bond acceptors (Lipinski definition) is 7. The Labute approximate surface area is 121 Å². The van der Waals surface area contributed by atoms with Crippen molar-refractivity contribution in [1.82, 2.24) is 20.0 Å². The van der Waals surface area contributed by atoms with E-state index in [4.69, 9.17) is 9.26 Å². The first-order valence-electron chi connectivity index (χ1n) is 6.80. The molecule has 0 amide bonds. The lowest BCUT2D eigenvalue weighted by Crippen LogP contribution is -2.23. The van der Waals surface area contributed by atoms with Crippen LogP contribution in [0.3, 0.4) is 0 Å². The Kier molecular flexibility index (Phi) is 3.92. The summed E-state index contributed by atoms with van der Waals surface area (Å²) in [6, 6.07) is 5.54. The lowest BCUT2D eigenvalue weighted by Gasteiger charge is -2.12. The lowest BCUT2D eigenvalue weighted by molar-refractivity contribution is -0.144. The van der Waals surface area contributed by atoms with Crippen LogP contribution in [-0.2, 0) is 16.1 Å². The minimum absolute atomic E-state index is 0.0619. The van der Waals surface area contributed by atoms with Crippen LogP contribution in [0.25, 0.3) is 11.5 Å². The van der Waals surface area contributed by atoms with E-state index in [2.05, 4.69) is 20.0 Å². The summed E-state index contributed by atoms with van der Waals surface area (Å²) in [5.41, 5.74) is 0.682. The van der Waals surface area contributed by atoms with Crippen molar-refractivity contribution >= 4 is 5.97 Å². The van der Waals surface area contributed by atoms with Gasteiger partial charge in [0, 0.05) is 12.7 Å². The van der Waals surface area contributed by atoms with Crippen molar-refractivity contribution in [2.24, 2.45) is 5.92 Å². The number of methoxy groups -OCH3 is 1. The van der Waals surface area contributed by atoms with Crippen molar-refractivity contribution in [2.45, 2.75) is 13.0 Å². The van der Waals surface area contributed by atoms with E-state index in [1.165, 1.54) is 7.11 Å². The van der Waals surface area contributed by atoms with Crippen molar-refractivity contribution in [1.29, 1.82) is 0 Å². The Hall–Kier alpha value is -2.28. The van der Waals surface area contributed by atoms with Crippen LogP contribution in [-0.4, -0.2) is 46.2 Å². The average Bonchev–Trinajstić information content (AvgIpc) is 3.17. The highest BCUT2D eigenvalue weighted by atomic mass is 16.5. The zero-order valence-electron chi connectivity index (χ0n) is 11.7. The van der Waals surface area contributed by atoms with Gasteiger partial charge in [-0.05, 0) is 25.1 Å². The monoisotopic (exact) mass is 288 g/mol. The molecular formula is C14H16N4O3. The minimum Gasteiger partial charge on any atom is -0.469 e. The Morgan fingerprint density at radius 1 is 1.52 bits per heavy atom. The van der Waals surface area contributed by atoms with Gasteiger partial charge < -0.3 is 9.26 Å². The quantitative estimate of drug-likeness (QED) is 0.780. The molecule has 0 spiro atoms. The van der Waals surface area contributed by atoms with Crippen molar-refractivity contribution in [3.8, 4) is 11.5 Å². The summed E-state index contributed by atoms with van der Waals surface area (Å²) in [5.74, 6) is 0.792. The largest absolute Gasteiger partial charge is 0.469 e. The van der Waals surface area contributed by atoms with Crippen LogP contribution < -0.4 is 0 Å². The fourth-order valence-corrected chi connectivity index (χ4v) is 2.44. The van der Waals surface area contributed by atoms with Gasteiger partial charge in [-0.15, -0.1) is 0 Å². The van der Waals surface area contributed by atoms with Crippen LogP contribution >= 0.6 is 0 Å². The molecule has 1 aliphatic rings. The first-order valence-corrected chi connectivity index (χ1v) is 6.80. The summed E-state index contributed by atoms with van der Waals surface area (Å²) in [6.45, 7) is 2.02. The summed E-state index contributed by atoms with van der Waals surface area (Å²) in [4.78, 5) is 22.1. The number of hydrogen-bond donors (Lipinski definition) is 0. The molecule has 0 N–H and O–H groups in total. The van der Waals surface area contributed by atoms with Crippen LogP contribution in [0.5, 0.6) is 0 Å². The smallest absolute Gasteiger partial charge is 0.310 e. The highest BCUT2D eigenvalue weighted by molar-refractivity contribution is 5.72. The number of likely N-dealkylation sites (tertiary alicyclic amines) is 1. The Morgan fingerprint density at radius 2 is 2.43 bits per heavy atom. The molecule has 2 aromatic rings. The summed E-state index contributed by atoms with van der Waals surface area (Å²) in [7, 11) is 1.42. The van der Waals surface area contributed by atoms with E-state index < -0.39 is 0 Å². The Bertz CT molecular complexity index is 614. The molecule has 1 fully saturated rings. The number of carbonyl (C=O) groups excluding carboxylic acids is 1. The summed E-state index contributed by atoms with van der Waals surface area (Å²) >= 11 is 0.